The van der Waals surface area contributed by atoms with E-state index in [4.69, 9.17) is 0 Å². The quantitative estimate of drug-likeness (QED) is 0.829. The summed E-state index contributed by atoms with van der Waals surface area (Å²) in [6.45, 7) is 8.67. The summed E-state index contributed by atoms with van der Waals surface area (Å²) < 4.78 is 0. The minimum Gasteiger partial charge on any atom is -0.481 e. The molecule has 2 heterocycles. The summed E-state index contributed by atoms with van der Waals surface area (Å²) in [5.74, 6) is -0.544. The van der Waals surface area contributed by atoms with Gasteiger partial charge in [-0.05, 0) is 44.7 Å². The van der Waals surface area contributed by atoms with Crippen molar-refractivity contribution in [1.82, 2.24) is 10.2 Å². The molecule has 2 aliphatic rings. The Morgan fingerprint density at radius 1 is 1.24 bits per heavy atom. The third-order valence-electron chi connectivity index (χ3n) is 5.81. The minimum absolute atomic E-state index is 0.0402. The number of amides is 1. The van der Waals surface area contributed by atoms with Crippen molar-refractivity contribution >= 4 is 11.9 Å². The molecule has 2 saturated heterocycles. The van der Waals surface area contributed by atoms with Gasteiger partial charge in [-0.25, -0.2) is 0 Å². The van der Waals surface area contributed by atoms with Crippen LogP contribution in [0.5, 0.6) is 0 Å². The predicted molar refractivity (Wildman–Crippen MR) is 80.9 cm³/mol. The fourth-order valence-electron chi connectivity index (χ4n) is 3.86. The highest BCUT2D eigenvalue weighted by atomic mass is 16.4. The molecule has 2 aliphatic heterocycles. The van der Waals surface area contributed by atoms with E-state index in [1.807, 2.05) is 18.7 Å². The summed E-state index contributed by atoms with van der Waals surface area (Å²) in [5, 5.41) is 12.9. The standard InChI is InChI=1S/C16H28N2O3/c1-4-15(5-8-17-9-6-15)13(19)18-10-7-16(11-18,12(2)3)14(20)21/h12,17H,4-11H2,1-3H3,(H,20,21). The van der Waals surface area contributed by atoms with Crippen LogP contribution in [-0.2, 0) is 9.59 Å². The number of aliphatic carboxylic acids is 1. The molecule has 2 N–H and O–H groups in total. The molecule has 1 atom stereocenters. The number of carboxylic acid groups (broad SMARTS) is 1. The van der Waals surface area contributed by atoms with E-state index >= 15 is 0 Å². The van der Waals surface area contributed by atoms with Crippen molar-refractivity contribution < 1.29 is 14.7 Å². The Bertz CT molecular complexity index is 416. The molecule has 120 valence electrons. The number of nitrogens with zero attached hydrogens (tertiary/aromatic N) is 1. The number of nitrogens with one attached hydrogen (secondary N) is 1. The Morgan fingerprint density at radius 2 is 1.86 bits per heavy atom. The van der Waals surface area contributed by atoms with Crippen molar-refractivity contribution in [1.29, 1.82) is 0 Å². The first kappa shape index (κ1) is 16.3. The zero-order valence-electron chi connectivity index (χ0n) is 13.4. The Balaban J connectivity index is 2.16. The van der Waals surface area contributed by atoms with Crippen molar-refractivity contribution in [3.63, 3.8) is 0 Å². The van der Waals surface area contributed by atoms with Crippen LogP contribution < -0.4 is 5.32 Å². The summed E-state index contributed by atoms with van der Waals surface area (Å²) in [7, 11) is 0. The lowest BCUT2D eigenvalue weighted by Crippen LogP contribution is -2.49. The van der Waals surface area contributed by atoms with Gasteiger partial charge in [0.1, 0.15) is 0 Å². The third-order valence-corrected chi connectivity index (χ3v) is 5.81. The fourth-order valence-corrected chi connectivity index (χ4v) is 3.86. The molecule has 2 fully saturated rings. The van der Waals surface area contributed by atoms with Crippen molar-refractivity contribution in [3.8, 4) is 0 Å². The Morgan fingerprint density at radius 3 is 2.29 bits per heavy atom. The number of likely N-dealkylation sites (tertiary alicyclic amines) is 1. The number of carboxylic acids is 1. The molecule has 0 spiro atoms. The summed E-state index contributed by atoms with van der Waals surface area (Å²) in [6.07, 6.45) is 3.14. The maximum atomic E-state index is 13.0. The van der Waals surface area contributed by atoms with E-state index in [0.29, 0.717) is 19.5 Å². The highest BCUT2D eigenvalue weighted by Crippen LogP contribution is 2.42. The summed E-state index contributed by atoms with van der Waals surface area (Å²) in [6, 6.07) is 0. The molecule has 0 aromatic heterocycles. The molecule has 0 radical (unpaired) electrons. The van der Waals surface area contributed by atoms with Gasteiger partial charge < -0.3 is 15.3 Å². The van der Waals surface area contributed by atoms with E-state index in [-0.39, 0.29) is 17.2 Å². The van der Waals surface area contributed by atoms with Crippen molar-refractivity contribution in [2.75, 3.05) is 26.2 Å². The second kappa shape index (κ2) is 5.95. The van der Waals surface area contributed by atoms with Gasteiger partial charge in [0.05, 0.1) is 10.8 Å². The van der Waals surface area contributed by atoms with Gasteiger partial charge in [-0.2, -0.15) is 0 Å². The van der Waals surface area contributed by atoms with Gasteiger partial charge in [-0.1, -0.05) is 20.8 Å². The monoisotopic (exact) mass is 296 g/mol. The zero-order chi connectivity index (χ0) is 15.7. The number of rotatable bonds is 4. The number of carbonyl (C=O) groups excluding carboxylic acids is 1. The molecule has 21 heavy (non-hydrogen) atoms. The maximum absolute atomic E-state index is 13.0. The smallest absolute Gasteiger partial charge is 0.311 e. The Kier molecular flexibility index (Phi) is 4.61. The zero-order valence-corrected chi connectivity index (χ0v) is 13.4. The first-order valence-corrected chi connectivity index (χ1v) is 8.11. The van der Waals surface area contributed by atoms with E-state index in [2.05, 4.69) is 12.2 Å². The number of hydrogen-bond donors (Lipinski definition) is 2. The summed E-state index contributed by atoms with van der Waals surface area (Å²) in [4.78, 5) is 26.5. The maximum Gasteiger partial charge on any atom is 0.311 e. The topological polar surface area (TPSA) is 69.6 Å². The average Bonchev–Trinajstić information content (AvgIpc) is 2.93. The van der Waals surface area contributed by atoms with Gasteiger partial charge in [0.25, 0.3) is 0 Å². The van der Waals surface area contributed by atoms with Crippen LogP contribution >= 0.6 is 0 Å². The molecule has 0 aromatic carbocycles. The average molecular weight is 296 g/mol. The number of hydrogen-bond acceptors (Lipinski definition) is 3. The van der Waals surface area contributed by atoms with Gasteiger partial charge in [0, 0.05) is 13.1 Å². The first-order valence-electron chi connectivity index (χ1n) is 8.11. The molecule has 1 amide bonds. The van der Waals surface area contributed by atoms with Crippen LogP contribution in [0.1, 0.15) is 46.5 Å². The fraction of sp³-hybridized carbons (Fsp3) is 0.875. The van der Waals surface area contributed by atoms with Crippen LogP contribution in [0.4, 0.5) is 0 Å². The molecule has 0 aromatic rings. The second-order valence-corrected chi connectivity index (χ2v) is 6.98. The van der Waals surface area contributed by atoms with Crippen molar-refractivity contribution in [2.24, 2.45) is 16.7 Å². The van der Waals surface area contributed by atoms with E-state index < -0.39 is 11.4 Å². The van der Waals surface area contributed by atoms with Crippen LogP contribution in [0.2, 0.25) is 0 Å². The highest BCUT2D eigenvalue weighted by Gasteiger charge is 2.51. The number of carbonyl (C=O) groups is 2. The lowest BCUT2D eigenvalue weighted by Gasteiger charge is -2.39. The SMILES string of the molecule is CCC1(C(=O)N2CCC(C(=O)O)(C(C)C)C2)CCNCC1. The van der Waals surface area contributed by atoms with E-state index in [9.17, 15) is 14.7 Å². The second-order valence-electron chi connectivity index (χ2n) is 6.98. The van der Waals surface area contributed by atoms with Crippen molar-refractivity contribution in [2.45, 2.75) is 46.5 Å². The number of piperidine rings is 1. The first-order chi connectivity index (χ1) is 9.88. The predicted octanol–water partition coefficient (Wildman–Crippen LogP) is 1.73. The minimum atomic E-state index is -0.766. The summed E-state index contributed by atoms with van der Waals surface area (Å²) >= 11 is 0. The molecule has 1 unspecified atom stereocenters. The van der Waals surface area contributed by atoms with Gasteiger partial charge in [-0.3, -0.25) is 9.59 Å². The van der Waals surface area contributed by atoms with Crippen LogP contribution in [0.3, 0.4) is 0 Å². The van der Waals surface area contributed by atoms with Crippen LogP contribution in [0, 0.1) is 16.7 Å². The molecule has 0 bridgehead atoms. The normalized spacial score (nSPS) is 28.9. The molecule has 2 rings (SSSR count). The molecule has 5 heteroatoms. The van der Waals surface area contributed by atoms with Gasteiger partial charge in [0.15, 0.2) is 0 Å². The van der Waals surface area contributed by atoms with Crippen LogP contribution in [-0.4, -0.2) is 48.1 Å². The molecular weight excluding hydrogens is 268 g/mol. The van der Waals surface area contributed by atoms with Gasteiger partial charge >= 0.3 is 5.97 Å². The largest absolute Gasteiger partial charge is 0.481 e. The van der Waals surface area contributed by atoms with E-state index in [1.165, 1.54) is 0 Å². The molecule has 0 saturated carbocycles. The van der Waals surface area contributed by atoms with Crippen LogP contribution in [0.25, 0.3) is 0 Å². The Hall–Kier alpha value is -1.10. The Labute approximate surface area is 127 Å². The summed E-state index contributed by atoms with van der Waals surface area (Å²) in [5.41, 5.74) is -1.05. The third kappa shape index (κ3) is 2.68. The molecule has 0 aliphatic carbocycles. The van der Waals surface area contributed by atoms with Crippen LogP contribution in [0.15, 0.2) is 0 Å². The lowest BCUT2D eigenvalue weighted by atomic mass is 9.74. The molecular formula is C16H28N2O3. The lowest BCUT2D eigenvalue weighted by molar-refractivity contribution is -0.152. The molecule has 5 nitrogen and oxygen atoms in total. The van der Waals surface area contributed by atoms with Gasteiger partial charge in [0.2, 0.25) is 5.91 Å². The van der Waals surface area contributed by atoms with Gasteiger partial charge in [-0.15, -0.1) is 0 Å². The van der Waals surface area contributed by atoms with Crippen molar-refractivity contribution in [3.05, 3.63) is 0 Å². The van der Waals surface area contributed by atoms with E-state index in [0.717, 1.165) is 32.4 Å². The highest BCUT2D eigenvalue weighted by molar-refractivity contribution is 5.85. The van der Waals surface area contributed by atoms with E-state index in [1.54, 1.807) is 0 Å².